The van der Waals surface area contributed by atoms with E-state index in [9.17, 15) is 9.59 Å². The minimum absolute atomic E-state index is 0.0334. The van der Waals surface area contributed by atoms with Gasteiger partial charge in [-0.15, -0.1) is 0 Å². The van der Waals surface area contributed by atoms with Crippen LogP contribution in [0.25, 0.3) is 0 Å². The molecule has 2 atom stereocenters. The predicted octanol–water partition coefficient (Wildman–Crippen LogP) is 1.76. The van der Waals surface area contributed by atoms with Crippen molar-refractivity contribution in [1.29, 1.82) is 0 Å². The number of piperidine rings is 1. The summed E-state index contributed by atoms with van der Waals surface area (Å²) in [4.78, 5) is 24.5. The lowest BCUT2D eigenvalue weighted by molar-refractivity contribution is -0.122. The third-order valence-electron chi connectivity index (χ3n) is 7.19. The van der Waals surface area contributed by atoms with Crippen molar-refractivity contribution in [3.63, 3.8) is 0 Å². The van der Waals surface area contributed by atoms with E-state index in [0.29, 0.717) is 18.9 Å². The number of urea groups is 1. The molecule has 4 saturated carbocycles. The standard InChI is InChI=1S/C20H34N4O2/c1-13-12-21-4-2-17(13)23-18(25)3-5-22-19(26)24-20-9-14-6-15(10-20)8-16(7-14)11-20/h13-17,21H,2-12H2,1H3,(H,23,25)(H2,22,24,26). The number of rotatable bonds is 5. The second kappa shape index (κ2) is 7.37. The molecule has 2 unspecified atom stereocenters. The van der Waals surface area contributed by atoms with Crippen molar-refractivity contribution >= 4 is 11.9 Å². The Balaban J connectivity index is 1.18. The maximum absolute atomic E-state index is 12.4. The van der Waals surface area contributed by atoms with Crippen LogP contribution in [0.15, 0.2) is 0 Å². The van der Waals surface area contributed by atoms with E-state index in [-0.39, 0.29) is 23.5 Å². The smallest absolute Gasteiger partial charge is 0.315 e. The van der Waals surface area contributed by atoms with E-state index in [4.69, 9.17) is 0 Å². The Morgan fingerprint density at radius 1 is 1.08 bits per heavy atom. The monoisotopic (exact) mass is 362 g/mol. The average molecular weight is 363 g/mol. The number of hydrogen-bond donors (Lipinski definition) is 4. The van der Waals surface area contributed by atoms with E-state index in [2.05, 4.69) is 28.2 Å². The van der Waals surface area contributed by atoms with E-state index in [1.54, 1.807) is 0 Å². The Morgan fingerprint density at radius 3 is 2.35 bits per heavy atom. The van der Waals surface area contributed by atoms with Crippen LogP contribution < -0.4 is 21.3 Å². The molecule has 5 rings (SSSR count). The molecule has 26 heavy (non-hydrogen) atoms. The van der Waals surface area contributed by atoms with Crippen LogP contribution in [0, 0.1) is 23.7 Å². The highest BCUT2D eigenvalue weighted by Crippen LogP contribution is 2.55. The molecule has 1 heterocycles. The largest absolute Gasteiger partial charge is 0.353 e. The lowest BCUT2D eigenvalue weighted by Gasteiger charge is -2.56. The van der Waals surface area contributed by atoms with Gasteiger partial charge in [-0.25, -0.2) is 4.79 Å². The van der Waals surface area contributed by atoms with Gasteiger partial charge < -0.3 is 21.3 Å². The normalized spacial score (nSPS) is 40.9. The molecule has 4 aliphatic carbocycles. The first kappa shape index (κ1) is 18.1. The van der Waals surface area contributed by atoms with Gasteiger partial charge in [-0.1, -0.05) is 6.92 Å². The van der Waals surface area contributed by atoms with E-state index < -0.39 is 0 Å². The quantitative estimate of drug-likeness (QED) is 0.601. The molecule has 0 aromatic rings. The van der Waals surface area contributed by atoms with Gasteiger partial charge in [-0.3, -0.25) is 4.79 Å². The summed E-state index contributed by atoms with van der Waals surface area (Å²) in [7, 11) is 0. The zero-order valence-corrected chi connectivity index (χ0v) is 16.0. The van der Waals surface area contributed by atoms with Crippen LogP contribution in [0.4, 0.5) is 4.79 Å². The van der Waals surface area contributed by atoms with Crippen molar-refractivity contribution < 1.29 is 9.59 Å². The molecular weight excluding hydrogens is 328 g/mol. The SMILES string of the molecule is CC1CNCCC1NC(=O)CCNC(=O)NC12CC3CC(CC(C3)C1)C2. The van der Waals surface area contributed by atoms with Crippen molar-refractivity contribution in [2.45, 2.75) is 69.9 Å². The van der Waals surface area contributed by atoms with Gasteiger partial charge in [0.25, 0.3) is 0 Å². The van der Waals surface area contributed by atoms with Crippen LogP contribution in [0.2, 0.25) is 0 Å². The van der Waals surface area contributed by atoms with Crippen LogP contribution in [0.1, 0.15) is 58.3 Å². The molecule has 1 saturated heterocycles. The Kier molecular flexibility index (Phi) is 5.13. The first-order chi connectivity index (χ1) is 12.5. The molecule has 6 heteroatoms. The fraction of sp³-hybridized carbons (Fsp3) is 0.900. The zero-order chi connectivity index (χ0) is 18.1. The Hall–Kier alpha value is -1.30. The second-order valence-corrected chi connectivity index (χ2v) is 9.47. The Bertz CT molecular complexity index is 515. The Morgan fingerprint density at radius 2 is 1.73 bits per heavy atom. The van der Waals surface area contributed by atoms with Gasteiger partial charge in [-0.05, 0) is 81.7 Å². The van der Waals surface area contributed by atoms with E-state index in [1.807, 2.05) is 0 Å². The maximum Gasteiger partial charge on any atom is 0.315 e. The van der Waals surface area contributed by atoms with Gasteiger partial charge in [0, 0.05) is 24.5 Å². The molecule has 6 nitrogen and oxygen atoms in total. The molecule has 0 spiro atoms. The van der Waals surface area contributed by atoms with E-state index >= 15 is 0 Å². The van der Waals surface area contributed by atoms with Gasteiger partial charge in [0.1, 0.15) is 0 Å². The van der Waals surface area contributed by atoms with Crippen molar-refractivity contribution in [3.05, 3.63) is 0 Å². The predicted molar refractivity (Wildman–Crippen MR) is 101 cm³/mol. The van der Waals surface area contributed by atoms with Crippen molar-refractivity contribution in [3.8, 4) is 0 Å². The highest BCUT2D eigenvalue weighted by Gasteiger charge is 2.51. The van der Waals surface area contributed by atoms with Crippen LogP contribution >= 0.6 is 0 Å². The Labute approximate surface area is 156 Å². The minimum atomic E-state index is -0.0880. The molecule has 0 aromatic carbocycles. The minimum Gasteiger partial charge on any atom is -0.353 e. The molecule has 4 bridgehead atoms. The van der Waals surface area contributed by atoms with Crippen LogP contribution in [0.3, 0.4) is 0 Å². The first-order valence-corrected chi connectivity index (χ1v) is 10.6. The van der Waals surface area contributed by atoms with Crippen molar-refractivity contribution in [2.75, 3.05) is 19.6 Å². The second-order valence-electron chi connectivity index (χ2n) is 9.47. The molecule has 1 aliphatic heterocycles. The molecule has 5 aliphatic rings. The number of nitrogens with one attached hydrogen (secondary N) is 4. The summed E-state index contributed by atoms with van der Waals surface area (Å²) in [6.07, 6.45) is 8.91. The molecule has 0 radical (unpaired) electrons. The van der Waals surface area contributed by atoms with E-state index in [1.165, 1.54) is 19.3 Å². The summed E-state index contributed by atoms with van der Waals surface area (Å²) in [6.45, 7) is 4.48. The third kappa shape index (κ3) is 4.00. The summed E-state index contributed by atoms with van der Waals surface area (Å²) in [5, 5.41) is 12.7. The number of carbonyl (C=O) groups excluding carboxylic acids is 2. The summed E-state index contributed by atoms with van der Waals surface area (Å²) in [5.74, 6) is 2.96. The molecule has 3 amide bonds. The van der Waals surface area contributed by atoms with Crippen molar-refractivity contribution in [1.82, 2.24) is 21.3 Å². The first-order valence-electron chi connectivity index (χ1n) is 10.6. The van der Waals surface area contributed by atoms with Crippen LogP contribution in [-0.2, 0) is 4.79 Å². The third-order valence-corrected chi connectivity index (χ3v) is 7.19. The highest BCUT2D eigenvalue weighted by molar-refractivity contribution is 5.78. The number of amides is 3. The lowest BCUT2D eigenvalue weighted by atomic mass is 9.53. The summed E-state index contributed by atoms with van der Waals surface area (Å²) in [5.41, 5.74) is 0.0334. The van der Waals surface area contributed by atoms with Crippen LogP contribution in [0.5, 0.6) is 0 Å². The molecular formula is C20H34N4O2. The fourth-order valence-electron chi connectivity index (χ4n) is 6.35. The van der Waals surface area contributed by atoms with Gasteiger partial charge in [0.15, 0.2) is 0 Å². The molecule has 0 aromatic heterocycles. The summed E-state index contributed by atoms with van der Waals surface area (Å²) in [6, 6.07) is 0.166. The molecule has 146 valence electrons. The van der Waals surface area contributed by atoms with E-state index in [0.717, 1.165) is 56.5 Å². The highest BCUT2D eigenvalue weighted by atomic mass is 16.2. The maximum atomic E-state index is 12.4. The zero-order valence-electron chi connectivity index (χ0n) is 16.0. The summed E-state index contributed by atoms with van der Waals surface area (Å²) < 4.78 is 0. The average Bonchev–Trinajstić information content (AvgIpc) is 2.55. The number of hydrogen-bond acceptors (Lipinski definition) is 3. The van der Waals surface area contributed by atoms with Gasteiger partial charge >= 0.3 is 6.03 Å². The van der Waals surface area contributed by atoms with Gasteiger partial charge in [0.2, 0.25) is 5.91 Å². The van der Waals surface area contributed by atoms with Gasteiger partial charge in [0.05, 0.1) is 0 Å². The summed E-state index contributed by atoms with van der Waals surface area (Å²) >= 11 is 0. The number of carbonyl (C=O) groups is 2. The van der Waals surface area contributed by atoms with Crippen molar-refractivity contribution in [2.24, 2.45) is 23.7 Å². The molecule has 4 N–H and O–H groups in total. The lowest BCUT2D eigenvalue weighted by Crippen LogP contribution is -2.61. The van der Waals surface area contributed by atoms with Crippen LogP contribution in [-0.4, -0.2) is 43.2 Å². The molecule has 5 fully saturated rings. The topological polar surface area (TPSA) is 82.3 Å². The fourth-order valence-corrected chi connectivity index (χ4v) is 6.35. The van der Waals surface area contributed by atoms with Gasteiger partial charge in [-0.2, -0.15) is 0 Å².